The molecule has 8 heavy (non-hydrogen) atoms. The van der Waals surface area contributed by atoms with E-state index in [1.165, 1.54) is 12.1 Å². The smallest absolute Gasteiger partial charge is 0.123 e. The Balaban J connectivity index is 0.000000490. The van der Waals surface area contributed by atoms with Crippen LogP contribution in [-0.2, 0) is 19.5 Å². The first-order valence-electron chi connectivity index (χ1n) is 2.10. The van der Waals surface area contributed by atoms with E-state index >= 15 is 0 Å². The van der Waals surface area contributed by atoms with E-state index in [4.69, 9.17) is 0 Å². The molecule has 1 rings (SSSR count). The average Bonchev–Trinajstić information content (AvgIpc) is 1.69. The third-order valence-electron chi connectivity index (χ3n) is 0.733. The minimum Gasteiger partial charge on any atom is -0.207 e. The maximum Gasteiger partial charge on any atom is 0.123 e. The third kappa shape index (κ3) is 2.18. The Bertz CT molecular complexity index is 138. The Morgan fingerprint density at radius 1 is 1.00 bits per heavy atom. The fourth-order valence-electron chi connectivity index (χ4n) is 0.415. The summed E-state index contributed by atoms with van der Waals surface area (Å²) < 4.78 is 11.9. The summed E-state index contributed by atoms with van der Waals surface area (Å²) in [6.07, 6.45) is 0. The summed E-state index contributed by atoms with van der Waals surface area (Å²) in [5.74, 6) is -0.178. The Labute approximate surface area is 60.5 Å². The van der Waals surface area contributed by atoms with E-state index in [1.807, 2.05) is 0 Å². The Morgan fingerprint density at radius 3 is 1.75 bits per heavy atom. The Morgan fingerprint density at radius 2 is 1.50 bits per heavy atom. The largest absolute Gasteiger partial charge is 0.207 e. The van der Waals surface area contributed by atoms with E-state index in [0.29, 0.717) is 0 Å². The molecule has 0 saturated carbocycles. The van der Waals surface area contributed by atoms with Gasteiger partial charge in [-0.15, -0.1) is 0 Å². The zero-order valence-corrected chi connectivity index (χ0v) is 5.86. The fourth-order valence-corrected chi connectivity index (χ4v) is 0.415. The van der Waals surface area contributed by atoms with Crippen molar-refractivity contribution < 1.29 is 23.9 Å². The van der Waals surface area contributed by atoms with Crippen LogP contribution in [0.4, 0.5) is 4.39 Å². The van der Waals surface area contributed by atoms with E-state index in [2.05, 4.69) is 0 Å². The van der Waals surface area contributed by atoms with Crippen LogP contribution in [0.5, 0.6) is 0 Å². The van der Waals surface area contributed by atoms with Gasteiger partial charge < -0.3 is 0 Å². The molecule has 1 aromatic carbocycles. The maximum atomic E-state index is 11.9. The van der Waals surface area contributed by atoms with Crippen molar-refractivity contribution in [2.75, 3.05) is 0 Å². The standard InChI is InChI=1S/C6H5F.Ru/c7-6-4-2-1-3-5-6;/h1-5H;. The van der Waals surface area contributed by atoms with Crippen LogP contribution in [0.1, 0.15) is 0 Å². The van der Waals surface area contributed by atoms with Crippen molar-refractivity contribution in [3.63, 3.8) is 0 Å². The molecule has 0 N–H and O–H groups in total. The molecule has 0 atom stereocenters. The van der Waals surface area contributed by atoms with E-state index in [-0.39, 0.29) is 25.3 Å². The van der Waals surface area contributed by atoms with Crippen LogP contribution in [0.2, 0.25) is 0 Å². The quantitative estimate of drug-likeness (QED) is 0.556. The molecule has 0 aromatic heterocycles. The first-order chi connectivity index (χ1) is 3.39. The summed E-state index contributed by atoms with van der Waals surface area (Å²) in [4.78, 5) is 0. The van der Waals surface area contributed by atoms with Crippen molar-refractivity contribution in [3.05, 3.63) is 36.1 Å². The Kier molecular flexibility index (Phi) is 3.63. The van der Waals surface area contributed by atoms with Crippen LogP contribution in [-0.4, -0.2) is 0 Å². The number of hydrogen-bond acceptors (Lipinski definition) is 0. The molecule has 0 nitrogen and oxygen atoms in total. The minimum absolute atomic E-state index is 0. The molecule has 0 bridgehead atoms. The van der Waals surface area contributed by atoms with Crippen molar-refractivity contribution in [1.29, 1.82) is 0 Å². The van der Waals surface area contributed by atoms with Gasteiger partial charge >= 0.3 is 0 Å². The van der Waals surface area contributed by atoms with Gasteiger partial charge in [-0.2, -0.15) is 0 Å². The molecular weight excluding hydrogens is 192 g/mol. The van der Waals surface area contributed by atoms with Gasteiger partial charge in [-0.3, -0.25) is 0 Å². The first kappa shape index (κ1) is 7.77. The molecule has 44 valence electrons. The first-order valence-corrected chi connectivity index (χ1v) is 2.10. The van der Waals surface area contributed by atoms with Gasteiger partial charge in [-0.1, -0.05) is 18.2 Å². The summed E-state index contributed by atoms with van der Waals surface area (Å²) in [5.41, 5.74) is 0. The van der Waals surface area contributed by atoms with Crippen LogP contribution < -0.4 is 0 Å². The summed E-state index contributed by atoms with van der Waals surface area (Å²) in [5, 5.41) is 0. The monoisotopic (exact) mass is 198 g/mol. The molecule has 0 unspecified atom stereocenters. The van der Waals surface area contributed by atoms with E-state index in [0.717, 1.165) is 0 Å². The zero-order valence-electron chi connectivity index (χ0n) is 4.12. The predicted octanol–water partition coefficient (Wildman–Crippen LogP) is 1.82. The second-order valence-corrected chi connectivity index (χ2v) is 1.30. The zero-order chi connectivity index (χ0) is 5.11. The van der Waals surface area contributed by atoms with Gasteiger partial charge in [-0.25, -0.2) is 4.39 Å². The van der Waals surface area contributed by atoms with Crippen molar-refractivity contribution in [1.82, 2.24) is 0 Å². The summed E-state index contributed by atoms with van der Waals surface area (Å²) in [7, 11) is 0. The van der Waals surface area contributed by atoms with Gasteiger partial charge in [0.15, 0.2) is 0 Å². The molecule has 1 aromatic rings. The number of rotatable bonds is 0. The summed E-state index contributed by atoms with van der Waals surface area (Å²) in [6, 6.07) is 7.94. The van der Waals surface area contributed by atoms with Crippen LogP contribution >= 0.6 is 0 Å². The predicted molar refractivity (Wildman–Crippen MR) is 26.4 cm³/mol. The normalized spacial score (nSPS) is 7.62. The molecule has 0 amide bonds. The van der Waals surface area contributed by atoms with E-state index in [1.54, 1.807) is 18.2 Å². The molecule has 0 fully saturated rings. The van der Waals surface area contributed by atoms with Gasteiger partial charge in [-0.05, 0) is 12.1 Å². The summed E-state index contributed by atoms with van der Waals surface area (Å²) in [6.45, 7) is 0. The van der Waals surface area contributed by atoms with Crippen molar-refractivity contribution >= 4 is 0 Å². The number of hydrogen-bond donors (Lipinski definition) is 0. The van der Waals surface area contributed by atoms with Crippen molar-refractivity contribution in [3.8, 4) is 0 Å². The minimum atomic E-state index is -0.178. The topological polar surface area (TPSA) is 0 Å². The van der Waals surface area contributed by atoms with Crippen LogP contribution in [0, 0.1) is 5.82 Å². The van der Waals surface area contributed by atoms with Crippen molar-refractivity contribution in [2.45, 2.75) is 0 Å². The van der Waals surface area contributed by atoms with E-state index in [9.17, 15) is 4.39 Å². The van der Waals surface area contributed by atoms with Gasteiger partial charge in [0.1, 0.15) is 5.82 Å². The molecule has 0 spiro atoms. The fraction of sp³-hybridized carbons (Fsp3) is 0. The van der Waals surface area contributed by atoms with Gasteiger partial charge in [0.2, 0.25) is 0 Å². The average molecular weight is 197 g/mol. The number of halogens is 1. The maximum absolute atomic E-state index is 11.9. The third-order valence-corrected chi connectivity index (χ3v) is 0.733. The molecule has 0 aliphatic rings. The molecular formula is C6H5FRu. The van der Waals surface area contributed by atoms with Gasteiger partial charge in [0.25, 0.3) is 0 Å². The van der Waals surface area contributed by atoms with Crippen LogP contribution in [0.3, 0.4) is 0 Å². The molecule has 0 heterocycles. The second kappa shape index (κ2) is 3.74. The van der Waals surface area contributed by atoms with Gasteiger partial charge in [0.05, 0.1) is 0 Å². The molecule has 2 heteroatoms. The summed E-state index contributed by atoms with van der Waals surface area (Å²) >= 11 is 0. The van der Waals surface area contributed by atoms with Crippen LogP contribution in [0.25, 0.3) is 0 Å². The van der Waals surface area contributed by atoms with Gasteiger partial charge in [0, 0.05) is 19.5 Å². The van der Waals surface area contributed by atoms with E-state index < -0.39 is 0 Å². The SMILES string of the molecule is Fc1ccccc1.[Ru]. The van der Waals surface area contributed by atoms with Crippen LogP contribution in [0.15, 0.2) is 30.3 Å². The van der Waals surface area contributed by atoms with Crippen molar-refractivity contribution in [2.24, 2.45) is 0 Å². The number of benzene rings is 1. The molecule has 0 saturated heterocycles. The molecule has 0 aliphatic heterocycles. The second-order valence-electron chi connectivity index (χ2n) is 1.30. The Hall–Kier alpha value is -0.227. The molecule has 0 radical (unpaired) electrons. The molecule has 0 aliphatic carbocycles.